The zero-order valence-electron chi connectivity index (χ0n) is 17.3. The van der Waals surface area contributed by atoms with Gasteiger partial charge in [-0.3, -0.25) is 14.4 Å². The van der Waals surface area contributed by atoms with Crippen molar-refractivity contribution in [1.82, 2.24) is 0 Å². The smallest absolute Gasteiger partial charge is 0.303 e. The van der Waals surface area contributed by atoms with Crippen LogP contribution in [0.25, 0.3) is 0 Å². The highest BCUT2D eigenvalue weighted by Gasteiger charge is 2.71. The van der Waals surface area contributed by atoms with Crippen LogP contribution >= 0.6 is 0 Å². The SMILES string of the molecule is CC(=O)OCC(=O)C1=CCC2C3CC(F)C4=CC(=O)C=CC4(C)C3(F)C(O)CC12C. The second-order valence-electron chi connectivity index (χ2n) is 9.42. The summed E-state index contributed by atoms with van der Waals surface area (Å²) in [6.45, 7) is 4.14. The Labute approximate surface area is 173 Å². The zero-order chi connectivity index (χ0) is 22.1. The second-order valence-corrected chi connectivity index (χ2v) is 9.42. The fourth-order valence-corrected chi connectivity index (χ4v) is 6.45. The predicted octanol–water partition coefficient (Wildman–Crippen LogP) is 2.97. The highest BCUT2D eigenvalue weighted by molar-refractivity contribution is 6.01. The lowest BCUT2D eigenvalue weighted by molar-refractivity contribution is -0.192. The van der Waals surface area contributed by atoms with Gasteiger partial charge in [0.1, 0.15) is 6.17 Å². The number of ether oxygens (including phenoxy) is 1. The highest BCUT2D eigenvalue weighted by atomic mass is 19.1. The van der Waals surface area contributed by atoms with Gasteiger partial charge in [0.05, 0.1) is 6.10 Å². The number of halogens is 2. The monoisotopic (exact) mass is 420 g/mol. The van der Waals surface area contributed by atoms with E-state index in [4.69, 9.17) is 4.74 Å². The first-order valence-corrected chi connectivity index (χ1v) is 10.3. The Kier molecular flexibility index (Phi) is 4.69. The summed E-state index contributed by atoms with van der Waals surface area (Å²) < 4.78 is 36.9. The molecular weight excluding hydrogens is 394 g/mol. The molecule has 30 heavy (non-hydrogen) atoms. The Morgan fingerprint density at radius 2 is 2.00 bits per heavy atom. The summed E-state index contributed by atoms with van der Waals surface area (Å²) in [5.41, 5.74) is -3.96. The molecule has 4 aliphatic rings. The van der Waals surface area contributed by atoms with Crippen LogP contribution in [0.4, 0.5) is 8.78 Å². The van der Waals surface area contributed by atoms with Gasteiger partial charge in [0.2, 0.25) is 0 Å². The molecule has 7 heteroatoms. The minimum atomic E-state index is -2.16. The second kappa shape index (κ2) is 6.67. The number of aliphatic hydroxyl groups is 1. The van der Waals surface area contributed by atoms with Gasteiger partial charge in [-0.1, -0.05) is 19.1 Å². The van der Waals surface area contributed by atoms with E-state index in [1.165, 1.54) is 19.1 Å². The van der Waals surface area contributed by atoms with Crippen molar-refractivity contribution in [2.75, 3.05) is 6.61 Å². The van der Waals surface area contributed by atoms with E-state index < -0.39 is 47.3 Å². The zero-order valence-corrected chi connectivity index (χ0v) is 17.3. The number of allylic oxidation sites excluding steroid dienone is 5. The molecule has 0 bridgehead atoms. The lowest BCUT2D eigenvalue weighted by Crippen LogP contribution is -2.68. The molecule has 4 aliphatic carbocycles. The molecule has 0 aromatic heterocycles. The molecule has 7 unspecified atom stereocenters. The average Bonchev–Trinajstić information content (AvgIpc) is 3.00. The van der Waals surface area contributed by atoms with Gasteiger partial charge < -0.3 is 9.84 Å². The maximum atomic E-state index is 16.8. The fraction of sp³-hybridized carbons (Fsp3) is 0.609. The Morgan fingerprint density at radius 3 is 2.67 bits per heavy atom. The number of hydrogen-bond acceptors (Lipinski definition) is 5. The van der Waals surface area contributed by atoms with Crippen molar-refractivity contribution in [3.63, 3.8) is 0 Å². The van der Waals surface area contributed by atoms with Crippen molar-refractivity contribution in [3.8, 4) is 0 Å². The number of carbonyl (C=O) groups is 3. The topological polar surface area (TPSA) is 80.7 Å². The van der Waals surface area contributed by atoms with E-state index in [-0.39, 0.29) is 35.9 Å². The van der Waals surface area contributed by atoms with Gasteiger partial charge in [0.25, 0.3) is 0 Å². The van der Waals surface area contributed by atoms with Gasteiger partial charge in [-0.05, 0) is 49.8 Å². The van der Waals surface area contributed by atoms with E-state index in [1.54, 1.807) is 19.9 Å². The molecule has 0 aliphatic heterocycles. The lowest BCUT2D eigenvalue weighted by atomic mass is 9.45. The molecule has 162 valence electrons. The predicted molar refractivity (Wildman–Crippen MR) is 104 cm³/mol. The van der Waals surface area contributed by atoms with Gasteiger partial charge in [0, 0.05) is 29.2 Å². The quantitative estimate of drug-likeness (QED) is 0.710. The Bertz CT molecular complexity index is 921. The molecule has 2 saturated carbocycles. The molecule has 7 atom stereocenters. The molecule has 2 fully saturated rings. The third kappa shape index (κ3) is 2.63. The standard InChI is InChI=1S/C23H26F2O5/c1-12(26)30-11-19(28)15-5-4-14-16-9-18(24)17-8-13(27)6-7-22(17,3)23(16,25)20(29)10-21(14,15)2/h5-8,14,16,18,20,29H,4,9-11H2,1-3H3. The van der Waals surface area contributed by atoms with Crippen LogP contribution in [0.3, 0.4) is 0 Å². The highest BCUT2D eigenvalue weighted by Crippen LogP contribution is 2.68. The van der Waals surface area contributed by atoms with Crippen molar-refractivity contribution in [1.29, 1.82) is 0 Å². The van der Waals surface area contributed by atoms with E-state index in [1.807, 2.05) is 0 Å². The number of esters is 1. The first-order chi connectivity index (χ1) is 13.9. The van der Waals surface area contributed by atoms with E-state index in [0.29, 0.717) is 12.0 Å². The summed E-state index contributed by atoms with van der Waals surface area (Å²) in [4.78, 5) is 35.6. The van der Waals surface area contributed by atoms with Crippen LogP contribution in [0.15, 0.2) is 35.5 Å². The average molecular weight is 420 g/mol. The van der Waals surface area contributed by atoms with Gasteiger partial charge >= 0.3 is 5.97 Å². The van der Waals surface area contributed by atoms with Crippen LogP contribution in [-0.4, -0.2) is 47.2 Å². The number of alkyl halides is 2. The first-order valence-electron chi connectivity index (χ1n) is 10.3. The van der Waals surface area contributed by atoms with E-state index in [0.717, 1.165) is 6.08 Å². The molecular formula is C23H26F2O5. The molecule has 0 heterocycles. The van der Waals surface area contributed by atoms with E-state index in [2.05, 4.69) is 0 Å². The Morgan fingerprint density at radius 1 is 1.30 bits per heavy atom. The number of aliphatic hydroxyl groups excluding tert-OH is 1. The Hall–Kier alpha value is -2.15. The summed E-state index contributed by atoms with van der Waals surface area (Å²) in [5.74, 6) is -2.56. The third-order valence-electron chi connectivity index (χ3n) is 7.92. The number of rotatable bonds is 3. The van der Waals surface area contributed by atoms with Crippen molar-refractivity contribution in [2.45, 2.75) is 58.0 Å². The molecule has 5 nitrogen and oxygen atoms in total. The van der Waals surface area contributed by atoms with Gasteiger partial charge in [0.15, 0.2) is 23.8 Å². The van der Waals surface area contributed by atoms with Gasteiger partial charge in [-0.2, -0.15) is 0 Å². The molecule has 1 N–H and O–H groups in total. The number of hydrogen-bond donors (Lipinski definition) is 1. The van der Waals surface area contributed by atoms with Gasteiger partial charge in [-0.15, -0.1) is 0 Å². The van der Waals surface area contributed by atoms with Crippen molar-refractivity contribution >= 4 is 17.5 Å². The molecule has 0 aromatic rings. The normalized spacial score (nSPS) is 44.4. The van der Waals surface area contributed by atoms with Crippen LogP contribution in [0.2, 0.25) is 0 Å². The first kappa shape index (κ1) is 21.1. The van der Waals surface area contributed by atoms with Crippen LogP contribution in [0.1, 0.15) is 40.0 Å². The maximum Gasteiger partial charge on any atom is 0.303 e. The Balaban J connectivity index is 1.72. The number of carbonyl (C=O) groups excluding carboxylic acids is 3. The summed E-state index contributed by atoms with van der Waals surface area (Å²) in [7, 11) is 0. The number of ketones is 2. The van der Waals surface area contributed by atoms with Crippen molar-refractivity contribution in [2.24, 2.45) is 22.7 Å². The van der Waals surface area contributed by atoms with Crippen LogP contribution in [0, 0.1) is 22.7 Å². The summed E-state index contributed by atoms with van der Waals surface area (Å²) >= 11 is 0. The number of fused-ring (bicyclic) bond motifs is 5. The number of Topliss-reactive ketones (excluding diaryl/α,β-unsaturated/α-hetero) is 1. The van der Waals surface area contributed by atoms with Crippen molar-refractivity contribution in [3.05, 3.63) is 35.5 Å². The maximum absolute atomic E-state index is 16.8. The largest absolute Gasteiger partial charge is 0.457 e. The van der Waals surface area contributed by atoms with Crippen molar-refractivity contribution < 1.29 is 33.0 Å². The summed E-state index contributed by atoms with van der Waals surface area (Å²) in [6, 6.07) is 0. The van der Waals surface area contributed by atoms with Crippen LogP contribution in [-0.2, 0) is 19.1 Å². The van der Waals surface area contributed by atoms with E-state index >= 15 is 8.78 Å². The van der Waals surface area contributed by atoms with Crippen LogP contribution in [0.5, 0.6) is 0 Å². The third-order valence-corrected chi connectivity index (χ3v) is 7.92. The molecule has 0 spiro atoms. The van der Waals surface area contributed by atoms with Gasteiger partial charge in [-0.25, -0.2) is 8.78 Å². The lowest BCUT2D eigenvalue weighted by Gasteiger charge is -2.62. The minimum absolute atomic E-state index is 0.01000. The van der Waals surface area contributed by atoms with E-state index in [9.17, 15) is 19.5 Å². The fourth-order valence-electron chi connectivity index (χ4n) is 6.45. The molecule has 0 radical (unpaired) electrons. The minimum Gasteiger partial charge on any atom is -0.457 e. The molecule has 0 aromatic carbocycles. The molecule has 4 rings (SSSR count). The summed E-state index contributed by atoms with van der Waals surface area (Å²) in [6.07, 6.45) is 2.76. The van der Waals surface area contributed by atoms with Crippen LogP contribution < -0.4 is 0 Å². The molecule has 0 saturated heterocycles. The summed E-state index contributed by atoms with van der Waals surface area (Å²) in [5, 5.41) is 11.1. The molecule has 0 amide bonds.